The quantitative estimate of drug-likeness (QED) is 0.811. The molecule has 1 atom stereocenters. The van der Waals surface area contributed by atoms with E-state index in [0.717, 1.165) is 0 Å². The van der Waals surface area contributed by atoms with Crippen molar-refractivity contribution in [2.24, 2.45) is 0 Å². The summed E-state index contributed by atoms with van der Waals surface area (Å²) >= 11 is 1.50. The minimum atomic E-state index is -1.10. The summed E-state index contributed by atoms with van der Waals surface area (Å²) in [5, 5.41) is 11.5. The molecule has 7 heteroatoms. The largest absolute Gasteiger partial charge is 0.480 e. The van der Waals surface area contributed by atoms with E-state index in [9.17, 15) is 14.0 Å². The number of urea groups is 1. The third-order valence-electron chi connectivity index (χ3n) is 2.91. The number of carboxylic acids is 1. The molecule has 0 aliphatic heterocycles. The van der Waals surface area contributed by atoms with Gasteiger partial charge in [0.05, 0.1) is 5.69 Å². The van der Waals surface area contributed by atoms with E-state index in [2.05, 4.69) is 5.32 Å². The molecule has 0 aliphatic carbocycles. The Kier molecular flexibility index (Phi) is 7.01. The van der Waals surface area contributed by atoms with Crippen LogP contribution in [0.5, 0.6) is 0 Å². The summed E-state index contributed by atoms with van der Waals surface area (Å²) in [6.07, 6.45) is 2.18. The van der Waals surface area contributed by atoms with Crippen LogP contribution < -0.4 is 10.2 Å². The maximum absolute atomic E-state index is 13.7. The number of carboxylic acid groups (broad SMARTS) is 1. The molecule has 5 nitrogen and oxygen atoms in total. The lowest BCUT2D eigenvalue weighted by Gasteiger charge is -2.24. The predicted octanol–water partition coefficient (Wildman–Crippen LogP) is 2.57. The summed E-state index contributed by atoms with van der Waals surface area (Å²) in [4.78, 5) is 24.5. The van der Waals surface area contributed by atoms with Crippen LogP contribution >= 0.6 is 11.8 Å². The van der Waals surface area contributed by atoms with Crippen LogP contribution in [0.2, 0.25) is 0 Å². The fourth-order valence-corrected chi connectivity index (χ4v) is 2.29. The van der Waals surface area contributed by atoms with Crippen molar-refractivity contribution >= 4 is 29.4 Å². The molecule has 0 bridgehead atoms. The summed E-state index contributed by atoms with van der Waals surface area (Å²) in [6.45, 7) is 1.94. The summed E-state index contributed by atoms with van der Waals surface area (Å²) in [6, 6.07) is 4.30. The molecule has 0 heterocycles. The van der Waals surface area contributed by atoms with Crippen molar-refractivity contribution in [2.45, 2.75) is 19.4 Å². The van der Waals surface area contributed by atoms with Crippen LogP contribution in [0.1, 0.15) is 13.3 Å². The van der Waals surface area contributed by atoms with Crippen LogP contribution in [0.15, 0.2) is 24.3 Å². The number of hydrogen-bond acceptors (Lipinski definition) is 3. The van der Waals surface area contributed by atoms with Crippen LogP contribution in [0, 0.1) is 5.82 Å². The highest BCUT2D eigenvalue weighted by Crippen LogP contribution is 2.18. The van der Waals surface area contributed by atoms with Crippen LogP contribution in [0.3, 0.4) is 0 Å². The third-order valence-corrected chi connectivity index (χ3v) is 3.56. The maximum atomic E-state index is 13.7. The van der Waals surface area contributed by atoms with Crippen LogP contribution in [0.25, 0.3) is 0 Å². The summed E-state index contributed by atoms with van der Waals surface area (Å²) < 4.78 is 13.7. The standard InChI is InChI=1S/C14H19FN2O3S/c1-3-17(12-7-5-4-6-10(12)15)14(20)16-11(13(18)19)8-9-21-2/h4-7,11H,3,8-9H2,1-2H3,(H,16,20)(H,18,19)/t11-/m0/s1. The van der Waals surface area contributed by atoms with Gasteiger partial charge < -0.3 is 10.4 Å². The van der Waals surface area contributed by atoms with Crippen molar-refractivity contribution in [3.63, 3.8) is 0 Å². The Morgan fingerprint density at radius 2 is 2.10 bits per heavy atom. The van der Waals surface area contributed by atoms with E-state index < -0.39 is 23.9 Å². The Bertz CT molecular complexity index is 499. The zero-order chi connectivity index (χ0) is 15.8. The molecule has 0 aliphatic rings. The number of para-hydroxylation sites is 1. The van der Waals surface area contributed by atoms with Gasteiger partial charge in [-0.3, -0.25) is 4.90 Å². The number of hydrogen-bond donors (Lipinski definition) is 2. The monoisotopic (exact) mass is 314 g/mol. The van der Waals surface area contributed by atoms with Gasteiger partial charge in [0.15, 0.2) is 0 Å². The highest BCUT2D eigenvalue weighted by atomic mass is 32.2. The second kappa shape index (κ2) is 8.51. The van der Waals surface area contributed by atoms with Gasteiger partial charge in [0, 0.05) is 6.54 Å². The maximum Gasteiger partial charge on any atom is 0.326 e. The highest BCUT2D eigenvalue weighted by Gasteiger charge is 2.24. The minimum Gasteiger partial charge on any atom is -0.480 e. The second-order valence-corrected chi connectivity index (χ2v) is 5.30. The molecule has 0 aromatic heterocycles. The van der Waals surface area contributed by atoms with E-state index in [4.69, 9.17) is 5.11 Å². The van der Waals surface area contributed by atoms with E-state index in [1.165, 1.54) is 34.9 Å². The van der Waals surface area contributed by atoms with Crippen LogP contribution in [0.4, 0.5) is 14.9 Å². The molecule has 2 amide bonds. The molecule has 21 heavy (non-hydrogen) atoms. The lowest BCUT2D eigenvalue weighted by Crippen LogP contribution is -2.48. The average molecular weight is 314 g/mol. The van der Waals surface area contributed by atoms with Gasteiger partial charge in [-0.2, -0.15) is 11.8 Å². The smallest absolute Gasteiger partial charge is 0.326 e. The zero-order valence-corrected chi connectivity index (χ0v) is 12.8. The fourth-order valence-electron chi connectivity index (χ4n) is 1.81. The Hall–Kier alpha value is -1.76. The molecular weight excluding hydrogens is 295 g/mol. The second-order valence-electron chi connectivity index (χ2n) is 4.32. The Labute approximate surface area is 127 Å². The van der Waals surface area contributed by atoms with Crippen molar-refractivity contribution < 1.29 is 19.1 Å². The summed E-state index contributed by atoms with van der Waals surface area (Å²) in [5.74, 6) is -1.00. The number of anilines is 1. The van der Waals surface area contributed by atoms with Crippen molar-refractivity contribution in [1.82, 2.24) is 5.32 Å². The molecule has 0 saturated carbocycles. The van der Waals surface area contributed by atoms with E-state index >= 15 is 0 Å². The normalized spacial score (nSPS) is 11.8. The van der Waals surface area contributed by atoms with Crippen molar-refractivity contribution in [3.8, 4) is 0 Å². The Morgan fingerprint density at radius 1 is 1.43 bits per heavy atom. The van der Waals surface area contributed by atoms with Gasteiger partial charge >= 0.3 is 12.0 Å². The van der Waals surface area contributed by atoms with Crippen LogP contribution in [-0.4, -0.2) is 41.7 Å². The highest BCUT2D eigenvalue weighted by molar-refractivity contribution is 7.98. The minimum absolute atomic E-state index is 0.131. The third kappa shape index (κ3) is 4.93. The molecule has 1 aromatic rings. The lowest BCUT2D eigenvalue weighted by molar-refractivity contribution is -0.139. The van der Waals surface area contributed by atoms with Gasteiger partial charge in [0.25, 0.3) is 0 Å². The van der Waals surface area contributed by atoms with Crippen molar-refractivity contribution in [3.05, 3.63) is 30.1 Å². The molecule has 0 radical (unpaired) electrons. The topological polar surface area (TPSA) is 69.6 Å². The predicted molar refractivity (Wildman–Crippen MR) is 82.4 cm³/mol. The number of aliphatic carboxylic acids is 1. The van der Waals surface area contributed by atoms with E-state index in [1.54, 1.807) is 13.0 Å². The first-order valence-electron chi connectivity index (χ1n) is 6.55. The summed E-state index contributed by atoms with van der Waals surface area (Å²) in [7, 11) is 0. The SMILES string of the molecule is CCN(C(=O)N[C@@H](CCSC)C(=O)O)c1ccccc1F. The van der Waals surface area contributed by atoms with Gasteiger partial charge in [-0.25, -0.2) is 14.0 Å². The van der Waals surface area contributed by atoms with Gasteiger partial charge in [0.2, 0.25) is 0 Å². The van der Waals surface area contributed by atoms with Gasteiger partial charge in [-0.1, -0.05) is 12.1 Å². The molecule has 2 N–H and O–H groups in total. The van der Waals surface area contributed by atoms with Gasteiger partial charge in [-0.15, -0.1) is 0 Å². The Morgan fingerprint density at radius 3 is 2.62 bits per heavy atom. The fraction of sp³-hybridized carbons (Fsp3) is 0.429. The lowest BCUT2D eigenvalue weighted by atomic mass is 10.2. The van der Waals surface area contributed by atoms with Crippen molar-refractivity contribution in [1.29, 1.82) is 0 Å². The van der Waals surface area contributed by atoms with E-state index in [1.807, 2.05) is 6.26 Å². The first-order chi connectivity index (χ1) is 10.0. The first kappa shape index (κ1) is 17.3. The number of carbonyl (C=O) groups is 2. The number of benzene rings is 1. The molecule has 0 spiro atoms. The molecule has 0 unspecified atom stereocenters. The van der Waals surface area contributed by atoms with E-state index in [-0.39, 0.29) is 12.2 Å². The number of thioether (sulfide) groups is 1. The summed E-state index contributed by atoms with van der Waals surface area (Å²) in [5.41, 5.74) is 0.131. The number of amides is 2. The van der Waals surface area contributed by atoms with Crippen LogP contribution in [-0.2, 0) is 4.79 Å². The number of rotatable bonds is 7. The number of halogens is 1. The first-order valence-corrected chi connectivity index (χ1v) is 7.95. The van der Waals surface area contributed by atoms with Gasteiger partial charge in [-0.05, 0) is 37.5 Å². The number of carbonyl (C=O) groups excluding carboxylic acids is 1. The molecular formula is C14H19FN2O3S. The zero-order valence-electron chi connectivity index (χ0n) is 12.0. The molecule has 1 rings (SSSR count). The molecule has 0 saturated heterocycles. The molecule has 116 valence electrons. The number of nitrogens with one attached hydrogen (secondary N) is 1. The van der Waals surface area contributed by atoms with E-state index in [0.29, 0.717) is 12.2 Å². The van der Waals surface area contributed by atoms with Gasteiger partial charge in [0.1, 0.15) is 11.9 Å². The molecule has 0 fully saturated rings. The Balaban J connectivity index is 2.83. The molecule has 1 aromatic carbocycles. The number of nitrogens with zero attached hydrogens (tertiary/aromatic N) is 1. The average Bonchev–Trinajstić information content (AvgIpc) is 2.45. The van der Waals surface area contributed by atoms with Crippen molar-refractivity contribution in [2.75, 3.05) is 23.5 Å².